The van der Waals surface area contributed by atoms with Gasteiger partial charge < -0.3 is 0 Å². The van der Waals surface area contributed by atoms with Crippen LogP contribution in [0.15, 0.2) is 48.6 Å². The molecule has 0 spiro atoms. The lowest BCUT2D eigenvalue weighted by molar-refractivity contribution is 0.732. The van der Waals surface area contributed by atoms with E-state index in [9.17, 15) is 0 Å². The molecule has 1 rings (SSSR count). The van der Waals surface area contributed by atoms with Crippen LogP contribution >= 0.6 is 0 Å². The molecule has 0 saturated carbocycles. The summed E-state index contributed by atoms with van der Waals surface area (Å²) >= 11 is 0. The summed E-state index contributed by atoms with van der Waals surface area (Å²) in [6.07, 6.45) is 9.47. The lowest BCUT2D eigenvalue weighted by Gasteiger charge is -2.11. The Kier molecular flexibility index (Phi) is 5.96. The van der Waals surface area contributed by atoms with Crippen molar-refractivity contribution in [1.82, 2.24) is 0 Å². The van der Waals surface area contributed by atoms with Gasteiger partial charge in [-0.3, -0.25) is 0 Å². The van der Waals surface area contributed by atoms with Crippen LogP contribution in [0.3, 0.4) is 0 Å². The van der Waals surface area contributed by atoms with Crippen LogP contribution in [0.1, 0.15) is 27.2 Å². The van der Waals surface area contributed by atoms with Gasteiger partial charge in [0.15, 0.2) is 0 Å². The third-order valence-corrected chi connectivity index (χ3v) is 1.93. The third-order valence-electron chi connectivity index (χ3n) is 1.93. The van der Waals surface area contributed by atoms with E-state index in [4.69, 9.17) is 0 Å². The molecule has 0 aromatic heterocycles. The second-order valence-electron chi connectivity index (χ2n) is 2.96. The van der Waals surface area contributed by atoms with Gasteiger partial charge in [0, 0.05) is 0 Å². The molecule has 1 aliphatic carbocycles. The zero-order valence-electron chi connectivity index (χ0n) is 9.01. The van der Waals surface area contributed by atoms with Crippen molar-refractivity contribution in [3.8, 4) is 0 Å². The third kappa shape index (κ3) is 3.93. The van der Waals surface area contributed by atoms with E-state index in [-0.39, 0.29) is 0 Å². The molecule has 0 fully saturated rings. The molecule has 0 radical (unpaired) electrons. The van der Waals surface area contributed by atoms with Crippen molar-refractivity contribution in [2.24, 2.45) is 5.92 Å². The van der Waals surface area contributed by atoms with E-state index in [0.29, 0.717) is 5.92 Å². The second-order valence-corrected chi connectivity index (χ2v) is 2.96. The highest BCUT2D eigenvalue weighted by atomic mass is 14.1. The number of hydrogen-bond donors (Lipinski definition) is 0. The summed E-state index contributed by atoms with van der Waals surface area (Å²) in [4.78, 5) is 0. The number of hydrogen-bond acceptors (Lipinski definition) is 0. The first-order valence-electron chi connectivity index (χ1n) is 4.94. The Hall–Kier alpha value is -1.04. The molecule has 0 aliphatic heterocycles. The van der Waals surface area contributed by atoms with E-state index in [0.717, 1.165) is 12.0 Å². The minimum Gasteiger partial charge on any atom is -0.0985 e. The molecule has 72 valence electrons. The first-order chi connectivity index (χ1) is 6.24. The van der Waals surface area contributed by atoms with E-state index >= 15 is 0 Å². The van der Waals surface area contributed by atoms with E-state index < -0.39 is 0 Å². The summed E-state index contributed by atoms with van der Waals surface area (Å²) in [5.41, 5.74) is 2.24. The van der Waals surface area contributed by atoms with Crippen molar-refractivity contribution in [2.45, 2.75) is 27.2 Å². The quantitative estimate of drug-likeness (QED) is 0.551. The molecule has 0 bridgehead atoms. The summed E-state index contributed by atoms with van der Waals surface area (Å²) in [7, 11) is 0. The first-order valence-corrected chi connectivity index (χ1v) is 4.94. The molecule has 0 amide bonds. The highest BCUT2D eigenvalue weighted by Gasteiger charge is 2.03. The van der Waals surface area contributed by atoms with E-state index in [1.54, 1.807) is 6.08 Å². The van der Waals surface area contributed by atoms with Gasteiger partial charge in [-0.2, -0.15) is 0 Å². The van der Waals surface area contributed by atoms with E-state index in [2.05, 4.69) is 38.3 Å². The maximum absolute atomic E-state index is 3.88. The molecular weight excluding hydrogens is 156 g/mol. The summed E-state index contributed by atoms with van der Waals surface area (Å²) in [6.45, 7) is 13.8. The molecule has 0 nitrogen and oxygen atoms in total. The topological polar surface area (TPSA) is 0 Å². The predicted octanol–water partition coefficient (Wildman–Crippen LogP) is 4.28. The Bertz CT molecular complexity index is 228. The van der Waals surface area contributed by atoms with Gasteiger partial charge in [0.25, 0.3) is 0 Å². The standard InChI is InChI=1S/C11H14.C2H6/c1-4-10(3)11-7-5-9(2)6-8-11;1-2/h4-5,7-9H,1,3,6H2,2H3;1-2H3. The van der Waals surface area contributed by atoms with Gasteiger partial charge in [0.2, 0.25) is 0 Å². The molecule has 1 unspecified atom stereocenters. The predicted molar refractivity (Wildman–Crippen MR) is 61.7 cm³/mol. The van der Waals surface area contributed by atoms with E-state index in [1.807, 2.05) is 13.8 Å². The Morgan fingerprint density at radius 3 is 2.54 bits per heavy atom. The minimum atomic E-state index is 0.677. The van der Waals surface area contributed by atoms with Gasteiger partial charge in [-0.15, -0.1) is 0 Å². The van der Waals surface area contributed by atoms with Crippen molar-refractivity contribution < 1.29 is 0 Å². The van der Waals surface area contributed by atoms with Crippen LogP contribution in [0.25, 0.3) is 0 Å². The highest BCUT2D eigenvalue weighted by molar-refractivity contribution is 5.45. The molecule has 0 aromatic rings. The molecule has 0 aromatic carbocycles. The van der Waals surface area contributed by atoms with Crippen LogP contribution in [0.5, 0.6) is 0 Å². The number of allylic oxidation sites excluding steroid dienone is 6. The summed E-state index contributed by atoms with van der Waals surface area (Å²) < 4.78 is 0. The largest absolute Gasteiger partial charge is 0.0985 e. The van der Waals surface area contributed by atoms with Crippen molar-refractivity contribution in [1.29, 1.82) is 0 Å². The van der Waals surface area contributed by atoms with Crippen LogP contribution in [0.4, 0.5) is 0 Å². The SMILES string of the molecule is C=CC(=C)C1=CCC(C)C=C1.CC. The first kappa shape index (κ1) is 12.0. The lowest BCUT2D eigenvalue weighted by atomic mass is 9.95. The maximum atomic E-state index is 3.88. The average molecular weight is 176 g/mol. The van der Waals surface area contributed by atoms with Crippen molar-refractivity contribution in [2.75, 3.05) is 0 Å². The van der Waals surface area contributed by atoms with Gasteiger partial charge in [-0.1, -0.05) is 58.2 Å². The van der Waals surface area contributed by atoms with Crippen LogP contribution < -0.4 is 0 Å². The highest BCUT2D eigenvalue weighted by Crippen LogP contribution is 2.20. The van der Waals surface area contributed by atoms with Crippen LogP contribution in [-0.4, -0.2) is 0 Å². The van der Waals surface area contributed by atoms with Crippen molar-refractivity contribution in [3.05, 3.63) is 48.6 Å². The van der Waals surface area contributed by atoms with Gasteiger partial charge in [-0.25, -0.2) is 0 Å². The molecular formula is C13H20. The van der Waals surface area contributed by atoms with Gasteiger partial charge in [0.05, 0.1) is 0 Å². The molecule has 0 heterocycles. The lowest BCUT2D eigenvalue weighted by Crippen LogP contribution is -1.94. The molecule has 0 N–H and O–H groups in total. The summed E-state index contributed by atoms with van der Waals surface area (Å²) in [5.74, 6) is 0.677. The fourth-order valence-corrected chi connectivity index (χ4v) is 1.08. The van der Waals surface area contributed by atoms with Crippen LogP contribution in [0, 0.1) is 5.92 Å². The zero-order chi connectivity index (χ0) is 10.3. The van der Waals surface area contributed by atoms with Crippen molar-refractivity contribution in [3.63, 3.8) is 0 Å². The fourth-order valence-electron chi connectivity index (χ4n) is 1.08. The molecule has 0 saturated heterocycles. The maximum Gasteiger partial charge on any atom is -0.0224 e. The van der Waals surface area contributed by atoms with Crippen molar-refractivity contribution >= 4 is 0 Å². The summed E-state index contributed by atoms with van der Waals surface area (Å²) in [6, 6.07) is 0. The fraction of sp³-hybridized carbons (Fsp3) is 0.385. The Labute approximate surface area is 82.4 Å². The monoisotopic (exact) mass is 176 g/mol. The average Bonchev–Trinajstić information content (AvgIpc) is 2.21. The molecule has 1 aliphatic rings. The second kappa shape index (κ2) is 6.47. The van der Waals surface area contributed by atoms with Gasteiger partial charge >= 0.3 is 0 Å². The molecule has 13 heavy (non-hydrogen) atoms. The smallest absolute Gasteiger partial charge is 0.0224 e. The minimum absolute atomic E-state index is 0.677. The number of rotatable bonds is 2. The molecule has 1 atom stereocenters. The Balaban J connectivity index is 0.000000671. The van der Waals surface area contributed by atoms with Gasteiger partial charge in [0.1, 0.15) is 0 Å². The van der Waals surface area contributed by atoms with Gasteiger partial charge in [-0.05, 0) is 23.5 Å². The molecule has 0 heteroatoms. The van der Waals surface area contributed by atoms with E-state index in [1.165, 1.54) is 5.57 Å². The zero-order valence-corrected chi connectivity index (χ0v) is 9.01. The normalized spacial score (nSPS) is 19.6. The Morgan fingerprint density at radius 2 is 2.15 bits per heavy atom. The van der Waals surface area contributed by atoms with Crippen LogP contribution in [-0.2, 0) is 0 Å². The van der Waals surface area contributed by atoms with Crippen LogP contribution in [0.2, 0.25) is 0 Å². The Morgan fingerprint density at radius 1 is 1.54 bits per heavy atom. The summed E-state index contributed by atoms with van der Waals surface area (Å²) in [5, 5.41) is 0.